The van der Waals surface area contributed by atoms with E-state index in [1.54, 1.807) is 6.26 Å². The highest BCUT2D eigenvalue weighted by Gasteiger charge is 2.13. The van der Waals surface area contributed by atoms with Gasteiger partial charge in [-0.05, 0) is 18.4 Å². The van der Waals surface area contributed by atoms with Crippen LogP contribution in [0.3, 0.4) is 0 Å². The number of nitrogens with zero attached hydrogens (tertiary/aromatic N) is 3. The first-order chi connectivity index (χ1) is 9.15. The number of hydrogen-bond donors (Lipinski definition) is 1. The lowest BCUT2D eigenvalue weighted by atomic mass is 10.2. The van der Waals surface area contributed by atoms with Gasteiger partial charge in [0.05, 0.1) is 6.20 Å². The molecule has 0 saturated heterocycles. The van der Waals surface area contributed by atoms with Crippen molar-refractivity contribution in [2.24, 2.45) is 0 Å². The van der Waals surface area contributed by atoms with E-state index in [1.807, 2.05) is 6.07 Å². The number of benzene rings is 1. The highest BCUT2D eigenvalue weighted by Crippen LogP contribution is 2.24. The molecule has 96 valence electrons. The summed E-state index contributed by atoms with van der Waals surface area (Å²) in [5, 5.41) is 11.8. The van der Waals surface area contributed by atoms with Gasteiger partial charge in [-0.15, -0.1) is 0 Å². The number of thioether (sulfide) groups is 1. The van der Waals surface area contributed by atoms with Crippen LogP contribution in [-0.4, -0.2) is 16.2 Å². The summed E-state index contributed by atoms with van der Waals surface area (Å²) in [5.41, 5.74) is -0.231. The summed E-state index contributed by atoms with van der Waals surface area (Å²) in [4.78, 5) is 7.94. The number of halogens is 2. The second kappa shape index (κ2) is 5.63. The Hall–Kier alpha value is -2.20. The van der Waals surface area contributed by atoms with Crippen LogP contribution in [0.4, 0.5) is 20.3 Å². The van der Waals surface area contributed by atoms with Gasteiger partial charge in [0.1, 0.15) is 29.0 Å². The molecule has 4 nitrogen and oxygen atoms in total. The molecule has 0 spiro atoms. The molecule has 0 atom stereocenters. The van der Waals surface area contributed by atoms with Crippen molar-refractivity contribution < 1.29 is 8.78 Å². The zero-order valence-corrected chi connectivity index (χ0v) is 10.6. The first-order valence-electron chi connectivity index (χ1n) is 5.18. The SMILES string of the molecule is CSc1ncc(C#N)c(Nc2c(F)cccc2F)n1. The number of anilines is 2. The van der Waals surface area contributed by atoms with E-state index in [4.69, 9.17) is 5.26 Å². The van der Waals surface area contributed by atoms with Gasteiger partial charge in [0.15, 0.2) is 11.0 Å². The minimum absolute atomic E-state index is 0.0749. The second-order valence-corrected chi connectivity index (χ2v) is 4.23. The Morgan fingerprint density at radius 2 is 2.00 bits per heavy atom. The largest absolute Gasteiger partial charge is 0.334 e. The van der Waals surface area contributed by atoms with Gasteiger partial charge in [-0.25, -0.2) is 18.7 Å². The van der Waals surface area contributed by atoms with Crippen LogP contribution in [0.1, 0.15) is 5.56 Å². The van der Waals surface area contributed by atoms with Crippen molar-refractivity contribution in [1.29, 1.82) is 5.26 Å². The van der Waals surface area contributed by atoms with Crippen molar-refractivity contribution in [2.45, 2.75) is 5.16 Å². The van der Waals surface area contributed by atoms with Crippen molar-refractivity contribution in [3.05, 3.63) is 41.6 Å². The molecule has 1 N–H and O–H groups in total. The fourth-order valence-electron chi connectivity index (χ4n) is 1.38. The van der Waals surface area contributed by atoms with Gasteiger partial charge in [0.2, 0.25) is 0 Å². The van der Waals surface area contributed by atoms with Crippen molar-refractivity contribution in [3.8, 4) is 6.07 Å². The second-order valence-electron chi connectivity index (χ2n) is 3.45. The molecule has 0 aliphatic rings. The summed E-state index contributed by atoms with van der Waals surface area (Å²) < 4.78 is 27.0. The highest BCUT2D eigenvalue weighted by molar-refractivity contribution is 7.98. The predicted molar refractivity (Wildman–Crippen MR) is 68.2 cm³/mol. The molecule has 0 fully saturated rings. The monoisotopic (exact) mass is 278 g/mol. The molecule has 2 aromatic rings. The maximum Gasteiger partial charge on any atom is 0.189 e. The van der Waals surface area contributed by atoms with Crippen LogP contribution < -0.4 is 5.32 Å². The molecule has 0 aliphatic heterocycles. The Morgan fingerprint density at radius 1 is 1.32 bits per heavy atom. The number of nitriles is 1. The molecular formula is C12H8F2N4S. The molecule has 0 bridgehead atoms. The topological polar surface area (TPSA) is 61.6 Å². The maximum absolute atomic E-state index is 13.5. The van der Waals surface area contributed by atoms with Crippen LogP contribution in [-0.2, 0) is 0 Å². The lowest BCUT2D eigenvalue weighted by molar-refractivity contribution is 0.590. The number of nitrogens with one attached hydrogen (secondary N) is 1. The van der Waals surface area contributed by atoms with Crippen LogP contribution in [0.15, 0.2) is 29.6 Å². The van der Waals surface area contributed by atoms with Gasteiger partial charge < -0.3 is 5.32 Å². The Kier molecular flexibility index (Phi) is 3.92. The van der Waals surface area contributed by atoms with Crippen LogP contribution in [0.25, 0.3) is 0 Å². The minimum atomic E-state index is -0.756. The predicted octanol–water partition coefficient (Wildman–Crippen LogP) is 3.09. The van der Waals surface area contributed by atoms with E-state index in [9.17, 15) is 8.78 Å². The van der Waals surface area contributed by atoms with E-state index in [-0.39, 0.29) is 17.1 Å². The van der Waals surface area contributed by atoms with Crippen molar-refractivity contribution >= 4 is 23.3 Å². The van der Waals surface area contributed by atoms with E-state index in [1.165, 1.54) is 24.0 Å². The van der Waals surface area contributed by atoms with Gasteiger partial charge in [-0.3, -0.25) is 0 Å². The fourth-order valence-corrected chi connectivity index (χ4v) is 1.72. The number of aromatic nitrogens is 2. The third kappa shape index (κ3) is 2.80. The smallest absolute Gasteiger partial charge is 0.189 e. The molecule has 0 aliphatic carbocycles. The Bertz CT molecular complexity index is 634. The lowest BCUT2D eigenvalue weighted by Crippen LogP contribution is -2.03. The lowest BCUT2D eigenvalue weighted by Gasteiger charge is -2.09. The Labute approximate surface area is 112 Å². The number of rotatable bonds is 3. The zero-order valence-electron chi connectivity index (χ0n) is 9.82. The quantitative estimate of drug-likeness (QED) is 0.690. The molecule has 1 aromatic carbocycles. The van der Waals surface area contributed by atoms with E-state index in [2.05, 4.69) is 15.3 Å². The molecule has 7 heteroatoms. The van der Waals surface area contributed by atoms with E-state index in [0.29, 0.717) is 5.16 Å². The van der Waals surface area contributed by atoms with Gasteiger partial charge in [0, 0.05) is 0 Å². The molecule has 1 aromatic heterocycles. The summed E-state index contributed by atoms with van der Waals surface area (Å²) in [6.07, 6.45) is 3.06. The van der Waals surface area contributed by atoms with Crippen molar-refractivity contribution in [2.75, 3.05) is 11.6 Å². The zero-order chi connectivity index (χ0) is 13.8. The molecule has 19 heavy (non-hydrogen) atoms. The Morgan fingerprint density at radius 3 is 2.58 bits per heavy atom. The van der Waals surface area contributed by atoms with Crippen molar-refractivity contribution in [1.82, 2.24) is 9.97 Å². The molecule has 0 unspecified atom stereocenters. The number of hydrogen-bond acceptors (Lipinski definition) is 5. The first-order valence-corrected chi connectivity index (χ1v) is 6.40. The van der Waals surface area contributed by atoms with Gasteiger partial charge in [-0.1, -0.05) is 17.8 Å². The Balaban J connectivity index is 2.46. The third-order valence-corrected chi connectivity index (χ3v) is 2.84. The van der Waals surface area contributed by atoms with Gasteiger partial charge >= 0.3 is 0 Å². The third-order valence-electron chi connectivity index (χ3n) is 2.28. The highest BCUT2D eigenvalue weighted by atomic mass is 32.2. The van der Waals surface area contributed by atoms with Crippen molar-refractivity contribution in [3.63, 3.8) is 0 Å². The molecular weight excluding hydrogens is 270 g/mol. The molecule has 0 saturated carbocycles. The van der Waals surface area contributed by atoms with Crippen LogP contribution >= 0.6 is 11.8 Å². The van der Waals surface area contributed by atoms with E-state index in [0.717, 1.165) is 12.1 Å². The van der Waals surface area contributed by atoms with E-state index >= 15 is 0 Å². The molecule has 0 radical (unpaired) electrons. The van der Waals surface area contributed by atoms with E-state index < -0.39 is 11.6 Å². The first kappa shape index (κ1) is 13.2. The summed E-state index contributed by atoms with van der Waals surface area (Å²) >= 11 is 1.26. The molecule has 1 heterocycles. The summed E-state index contributed by atoms with van der Waals surface area (Å²) in [5.74, 6) is -1.44. The fraction of sp³-hybridized carbons (Fsp3) is 0.0833. The van der Waals surface area contributed by atoms with Crippen LogP contribution in [0, 0.1) is 23.0 Å². The summed E-state index contributed by atoms with van der Waals surface area (Å²) in [6, 6.07) is 5.36. The standard InChI is InChI=1S/C12H8F2N4S/c1-19-12-16-6-7(5-15)11(18-12)17-10-8(13)3-2-4-9(10)14/h2-4,6H,1H3,(H,16,17,18). The summed E-state index contributed by atoms with van der Waals surface area (Å²) in [6.45, 7) is 0. The minimum Gasteiger partial charge on any atom is -0.334 e. The van der Waals surface area contributed by atoms with Crippen LogP contribution in [0.5, 0.6) is 0 Å². The van der Waals surface area contributed by atoms with Gasteiger partial charge in [-0.2, -0.15) is 5.26 Å². The van der Waals surface area contributed by atoms with Crippen LogP contribution in [0.2, 0.25) is 0 Å². The average molecular weight is 278 g/mol. The normalized spacial score (nSPS) is 10.0. The van der Waals surface area contributed by atoms with Gasteiger partial charge in [0.25, 0.3) is 0 Å². The molecule has 0 amide bonds. The summed E-state index contributed by atoms with van der Waals surface area (Å²) in [7, 11) is 0. The molecule has 2 rings (SSSR count). The maximum atomic E-state index is 13.5. The average Bonchev–Trinajstić information content (AvgIpc) is 2.42. The number of para-hydroxylation sites is 1.